The van der Waals surface area contributed by atoms with E-state index in [1.54, 1.807) is 0 Å². The summed E-state index contributed by atoms with van der Waals surface area (Å²) in [5, 5.41) is 0. The number of nitrogens with zero attached hydrogens (tertiary/aromatic N) is 2. The average Bonchev–Trinajstić information content (AvgIpc) is 2.44. The van der Waals surface area contributed by atoms with Crippen molar-refractivity contribution in [3.8, 4) is 0 Å². The summed E-state index contributed by atoms with van der Waals surface area (Å²) in [7, 11) is 4.34. The lowest BCUT2D eigenvalue weighted by Gasteiger charge is -2.29. The summed E-state index contributed by atoms with van der Waals surface area (Å²) in [6.45, 7) is 8.98. The molecule has 102 valence electrons. The topological polar surface area (TPSA) is 6.48 Å². The number of anilines is 2. The highest BCUT2D eigenvalue weighted by molar-refractivity contribution is 5.56. The van der Waals surface area contributed by atoms with Crippen LogP contribution in [0.4, 0.5) is 11.4 Å². The van der Waals surface area contributed by atoms with E-state index in [0.717, 1.165) is 0 Å². The molecule has 1 aromatic carbocycles. The van der Waals surface area contributed by atoms with Gasteiger partial charge in [0.15, 0.2) is 0 Å². The second-order valence-corrected chi connectivity index (χ2v) is 5.25. The third-order valence-corrected chi connectivity index (χ3v) is 4.17. The Balaban J connectivity index is 2.79. The smallest absolute Gasteiger partial charge is 0.0367 e. The molecular weight excluding hydrogens is 220 g/mol. The van der Waals surface area contributed by atoms with Gasteiger partial charge in [0.2, 0.25) is 0 Å². The predicted molar refractivity (Wildman–Crippen MR) is 82.8 cm³/mol. The van der Waals surface area contributed by atoms with Crippen molar-refractivity contribution in [2.75, 3.05) is 23.9 Å². The van der Waals surface area contributed by atoms with Gasteiger partial charge in [-0.2, -0.15) is 0 Å². The van der Waals surface area contributed by atoms with E-state index in [1.165, 1.54) is 24.2 Å². The van der Waals surface area contributed by atoms with Crippen molar-refractivity contribution in [1.29, 1.82) is 0 Å². The molecule has 0 bridgehead atoms. The normalized spacial score (nSPS) is 14.1. The van der Waals surface area contributed by atoms with Crippen LogP contribution in [0.3, 0.4) is 0 Å². The van der Waals surface area contributed by atoms with Gasteiger partial charge in [-0.1, -0.05) is 13.8 Å². The van der Waals surface area contributed by atoms with E-state index in [1.807, 2.05) is 0 Å². The van der Waals surface area contributed by atoms with E-state index in [-0.39, 0.29) is 0 Å². The highest BCUT2D eigenvalue weighted by Crippen LogP contribution is 2.22. The molecule has 1 rings (SSSR count). The van der Waals surface area contributed by atoms with Crippen molar-refractivity contribution < 1.29 is 0 Å². The third-order valence-electron chi connectivity index (χ3n) is 4.17. The summed E-state index contributed by atoms with van der Waals surface area (Å²) in [6.07, 6.45) is 2.34. The second kappa shape index (κ2) is 6.67. The van der Waals surface area contributed by atoms with E-state index < -0.39 is 0 Å². The molecule has 0 heterocycles. The van der Waals surface area contributed by atoms with E-state index >= 15 is 0 Å². The Kier molecular flexibility index (Phi) is 5.52. The van der Waals surface area contributed by atoms with Crippen LogP contribution in [-0.2, 0) is 0 Å². The molecule has 2 heteroatoms. The van der Waals surface area contributed by atoms with Crippen LogP contribution in [-0.4, -0.2) is 26.2 Å². The van der Waals surface area contributed by atoms with Crippen LogP contribution in [0.5, 0.6) is 0 Å². The molecule has 0 amide bonds. The van der Waals surface area contributed by atoms with Crippen LogP contribution in [0, 0.1) is 0 Å². The lowest BCUT2D eigenvalue weighted by Crippen LogP contribution is -2.29. The lowest BCUT2D eigenvalue weighted by molar-refractivity contribution is 0.660. The standard InChI is InChI=1S/C16H28N2/c1-7-13(3)17(5)15-9-11-16(12-10-15)18(6)14(4)8-2/h9-14H,7-8H2,1-6H3/t13-,14+. The number of rotatable bonds is 6. The number of benzene rings is 1. The Bertz CT molecular complexity index is 310. The van der Waals surface area contributed by atoms with Crippen LogP contribution < -0.4 is 9.80 Å². The van der Waals surface area contributed by atoms with Crippen molar-refractivity contribution in [3.63, 3.8) is 0 Å². The fourth-order valence-electron chi connectivity index (χ4n) is 1.98. The monoisotopic (exact) mass is 248 g/mol. The van der Waals surface area contributed by atoms with Gasteiger partial charge in [0.25, 0.3) is 0 Å². The van der Waals surface area contributed by atoms with Gasteiger partial charge in [-0.3, -0.25) is 0 Å². The quantitative estimate of drug-likeness (QED) is 0.746. The maximum Gasteiger partial charge on any atom is 0.0367 e. The van der Waals surface area contributed by atoms with Gasteiger partial charge in [-0.25, -0.2) is 0 Å². The number of hydrogen-bond acceptors (Lipinski definition) is 2. The van der Waals surface area contributed by atoms with Gasteiger partial charge in [-0.15, -0.1) is 0 Å². The number of hydrogen-bond donors (Lipinski definition) is 0. The van der Waals surface area contributed by atoms with Gasteiger partial charge in [-0.05, 0) is 51.0 Å². The molecule has 0 aliphatic rings. The summed E-state index contributed by atoms with van der Waals surface area (Å²) < 4.78 is 0. The zero-order chi connectivity index (χ0) is 13.7. The molecule has 0 radical (unpaired) electrons. The average molecular weight is 248 g/mol. The van der Waals surface area contributed by atoms with Crippen LogP contribution >= 0.6 is 0 Å². The first-order valence-electron chi connectivity index (χ1n) is 7.06. The highest BCUT2D eigenvalue weighted by atomic mass is 15.1. The molecule has 18 heavy (non-hydrogen) atoms. The van der Waals surface area contributed by atoms with Crippen molar-refractivity contribution in [2.45, 2.75) is 52.6 Å². The first-order chi connectivity index (χ1) is 8.51. The fraction of sp³-hybridized carbons (Fsp3) is 0.625. The minimum atomic E-state index is 0.586. The van der Waals surface area contributed by atoms with Gasteiger partial charge in [0, 0.05) is 37.6 Å². The Morgan fingerprint density at radius 3 is 1.28 bits per heavy atom. The largest absolute Gasteiger partial charge is 0.372 e. The van der Waals surface area contributed by atoms with Crippen molar-refractivity contribution in [2.24, 2.45) is 0 Å². The SMILES string of the molecule is CC[C@@H](C)N(C)c1ccc(N(C)[C@@H](C)CC)cc1. The molecule has 0 aromatic heterocycles. The zero-order valence-electron chi connectivity index (χ0n) is 12.8. The molecule has 0 unspecified atom stereocenters. The first-order valence-corrected chi connectivity index (χ1v) is 7.06. The Morgan fingerprint density at radius 1 is 0.778 bits per heavy atom. The molecule has 2 nitrogen and oxygen atoms in total. The van der Waals surface area contributed by atoms with Gasteiger partial charge < -0.3 is 9.80 Å². The fourth-order valence-corrected chi connectivity index (χ4v) is 1.98. The third kappa shape index (κ3) is 3.41. The van der Waals surface area contributed by atoms with Crippen LogP contribution in [0.2, 0.25) is 0 Å². The molecular formula is C16H28N2. The van der Waals surface area contributed by atoms with E-state index in [2.05, 4.69) is 75.9 Å². The van der Waals surface area contributed by atoms with Crippen LogP contribution in [0.25, 0.3) is 0 Å². The summed E-state index contributed by atoms with van der Waals surface area (Å²) in [5.74, 6) is 0. The first kappa shape index (κ1) is 14.9. The van der Waals surface area contributed by atoms with Crippen LogP contribution in [0.15, 0.2) is 24.3 Å². The van der Waals surface area contributed by atoms with Gasteiger partial charge in [0.1, 0.15) is 0 Å². The molecule has 0 saturated carbocycles. The van der Waals surface area contributed by atoms with Crippen molar-refractivity contribution in [1.82, 2.24) is 0 Å². The molecule has 0 aliphatic heterocycles. The molecule has 0 spiro atoms. The van der Waals surface area contributed by atoms with E-state index in [4.69, 9.17) is 0 Å². The van der Waals surface area contributed by atoms with E-state index in [9.17, 15) is 0 Å². The summed E-state index contributed by atoms with van der Waals surface area (Å²) in [5.41, 5.74) is 2.59. The second-order valence-electron chi connectivity index (χ2n) is 5.25. The molecule has 2 atom stereocenters. The summed E-state index contributed by atoms with van der Waals surface area (Å²) in [6, 6.07) is 10.1. The van der Waals surface area contributed by atoms with Gasteiger partial charge in [0.05, 0.1) is 0 Å². The van der Waals surface area contributed by atoms with Crippen molar-refractivity contribution in [3.05, 3.63) is 24.3 Å². The summed E-state index contributed by atoms with van der Waals surface area (Å²) in [4.78, 5) is 4.68. The Labute approximate surface area is 113 Å². The van der Waals surface area contributed by atoms with Gasteiger partial charge >= 0.3 is 0 Å². The lowest BCUT2D eigenvalue weighted by atomic mass is 10.1. The minimum Gasteiger partial charge on any atom is -0.372 e. The molecule has 1 aromatic rings. The minimum absolute atomic E-state index is 0.586. The van der Waals surface area contributed by atoms with E-state index in [0.29, 0.717) is 12.1 Å². The molecule has 0 aliphatic carbocycles. The molecule has 0 fully saturated rings. The maximum absolute atomic E-state index is 2.34. The Hall–Kier alpha value is -1.18. The molecule has 0 saturated heterocycles. The Morgan fingerprint density at radius 2 is 1.06 bits per heavy atom. The zero-order valence-corrected chi connectivity index (χ0v) is 12.8. The predicted octanol–water partition coefficient (Wildman–Crippen LogP) is 4.16. The van der Waals surface area contributed by atoms with Crippen LogP contribution in [0.1, 0.15) is 40.5 Å². The summed E-state index contributed by atoms with van der Waals surface area (Å²) >= 11 is 0. The maximum atomic E-state index is 2.34. The van der Waals surface area contributed by atoms with Crippen molar-refractivity contribution >= 4 is 11.4 Å². The highest BCUT2D eigenvalue weighted by Gasteiger charge is 2.10. The molecule has 0 N–H and O–H groups in total.